The molecule has 1 aliphatic heterocycles. The van der Waals surface area contributed by atoms with Gasteiger partial charge in [-0.3, -0.25) is 0 Å². The van der Waals surface area contributed by atoms with Crippen molar-refractivity contribution in [2.24, 2.45) is 0 Å². The Kier molecular flexibility index (Phi) is 5.24. The fourth-order valence-electron chi connectivity index (χ4n) is 2.71. The largest absolute Gasteiger partial charge is 0.491 e. The lowest BCUT2D eigenvalue weighted by Crippen LogP contribution is -2.13. The third-order valence-corrected chi connectivity index (χ3v) is 4.85. The summed E-state index contributed by atoms with van der Waals surface area (Å²) in [4.78, 5) is 0. The molecule has 22 heavy (non-hydrogen) atoms. The molecule has 0 saturated carbocycles. The second-order valence-electron chi connectivity index (χ2n) is 5.32. The van der Waals surface area contributed by atoms with Crippen molar-refractivity contribution in [3.63, 3.8) is 0 Å². The maximum Gasteiger partial charge on any atom is 0.119 e. The average molecular weight is 315 g/mol. The number of ether oxygens (including phenoxy) is 1. The van der Waals surface area contributed by atoms with Gasteiger partial charge in [0.1, 0.15) is 12.4 Å². The molecule has 0 radical (unpaired) electrons. The minimum Gasteiger partial charge on any atom is -0.491 e. The molecule has 0 aromatic heterocycles. The third-order valence-electron chi connectivity index (χ3n) is 3.79. The Bertz CT molecular complexity index is 600. The number of hydrogen-bond acceptors (Lipinski definition) is 4. The monoisotopic (exact) mass is 315 g/mol. The van der Waals surface area contributed by atoms with E-state index in [1.54, 1.807) is 0 Å². The van der Waals surface area contributed by atoms with Gasteiger partial charge >= 0.3 is 0 Å². The molecule has 0 spiro atoms. The highest BCUT2D eigenvalue weighted by Crippen LogP contribution is 2.30. The Morgan fingerprint density at radius 2 is 1.95 bits per heavy atom. The Hall–Kier alpha value is -1.65. The molecule has 2 N–H and O–H groups in total. The van der Waals surface area contributed by atoms with Crippen molar-refractivity contribution >= 4 is 17.4 Å². The van der Waals surface area contributed by atoms with Crippen LogP contribution in [-0.4, -0.2) is 29.8 Å². The second-order valence-corrected chi connectivity index (χ2v) is 6.47. The molecule has 3 rings (SSSR count). The van der Waals surface area contributed by atoms with Gasteiger partial charge in [0.2, 0.25) is 0 Å². The number of hydrogen-bond donors (Lipinski definition) is 2. The molecule has 4 heteroatoms. The second kappa shape index (κ2) is 7.56. The average Bonchev–Trinajstić information content (AvgIpc) is 2.77. The molecule has 0 bridgehead atoms. The maximum absolute atomic E-state index is 8.78. The summed E-state index contributed by atoms with van der Waals surface area (Å²) >= 11 is 2.00. The minimum atomic E-state index is 0.0378. The molecule has 3 nitrogen and oxygen atoms in total. The summed E-state index contributed by atoms with van der Waals surface area (Å²) in [6.07, 6.45) is 1.15. The van der Waals surface area contributed by atoms with Crippen LogP contribution in [0.25, 0.3) is 0 Å². The third kappa shape index (κ3) is 3.76. The highest BCUT2D eigenvalue weighted by atomic mass is 32.2. The van der Waals surface area contributed by atoms with Crippen LogP contribution < -0.4 is 10.1 Å². The van der Waals surface area contributed by atoms with E-state index in [0.717, 1.165) is 23.6 Å². The van der Waals surface area contributed by atoms with Crippen molar-refractivity contribution < 1.29 is 9.84 Å². The van der Waals surface area contributed by atoms with Gasteiger partial charge in [-0.05, 0) is 47.6 Å². The Morgan fingerprint density at radius 3 is 2.77 bits per heavy atom. The molecule has 116 valence electrons. The van der Waals surface area contributed by atoms with E-state index in [4.69, 9.17) is 9.84 Å². The Morgan fingerprint density at radius 1 is 1.14 bits per heavy atom. The lowest BCUT2D eigenvalue weighted by Gasteiger charge is -2.20. The highest BCUT2D eigenvalue weighted by Gasteiger charge is 2.18. The Balaban J connectivity index is 1.72. The zero-order chi connectivity index (χ0) is 15.2. The summed E-state index contributed by atoms with van der Waals surface area (Å²) in [7, 11) is 0. The number of rotatable bonds is 5. The van der Waals surface area contributed by atoms with Crippen LogP contribution in [0.1, 0.15) is 17.2 Å². The van der Waals surface area contributed by atoms with Crippen molar-refractivity contribution in [1.29, 1.82) is 0 Å². The van der Waals surface area contributed by atoms with E-state index in [1.165, 1.54) is 16.9 Å². The van der Waals surface area contributed by atoms with Crippen LogP contribution in [0.15, 0.2) is 48.5 Å². The summed E-state index contributed by atoms with van der Waals surface area (Å²) in [5.74, 6) is 3.05. The first kappa shape index (κ1) is 15.3. The van der Waals surface area contributed by atoms with Gasteiger partial charge in [-0.1, -0.05) is 24.3 Å². The van der Waals surface area contributed by atoms with Crippen LogP contribution in [0.5, 0.6) is 5.75 Å². The van der Waals surface area contributed by atoms with Gasteiger partial charge in [-0.15, -0.1) is 0 Å². The number of anilines is 1. The number of aryl methyl sites for hydroxylation is 1. The van der Waals surface area contributed by atoms with Gasteiger partial charge in [0.15, 0.2) is 0 Å². The van der Waals surface area contributed by atoms with E-state index in [9.17, 15) is 0 Å². The number of fused-ring (bicyclic) bond motifs is 1. The van der Waals surface area contributed by atoms with Gasteiger partial charge in [0.05, 0.1) is 12.6 Å². The first-order valence-corrected chi connectivity index (χ1v) is 8.78. The molecule has 1 heterocycles. The first-order chi connectivity index (χ1) is 10.9. The summed E-state index contributed by atoms with van der Waals surface area (Å²) in [6.45, 7) is 0.371. The zero-order valence-electron chi connectivity index (χ0n) is 12.5. The van der Waals surface area contributed by atoms with Crippen LogP contribution in [0.4, 0.5) is 5.69 Å². The number of thioether (sulfide) groups is 1. The normalized spacial score (nSPS) is 17.4. The summed E-state index contributed by atoms with van der Waals surface area (Å²) < 4.78 is 5.39. The van der Waals surface area contributed by atoms with E-state index in [1.807, 2.05) is 36.0 Å². The minimum absolute atomic E-state index is 0.0378. The van der Waals surface area contributed by atoms with E-state index < -0.39 is 0 Å². The van der Waals surface area contributed by atoms with E-state index in [2.05, 4.69) is 29.6 Å². The maximum atomic E-state index is 8.78. The van der Waals surface area contributed by atoms with Gasteiger partial charge in [0, 0.05) is 11.4 Å². The van der Waals surface area contributed by atoms with Crippen LogP contribution in [0.3, 0.4) is 0 Å². The molecular formula is C18H21NO2S. The van der Waals surface area contributed by atoms with E-state index >= 15 is 0 Å². The molecule has 2 aromatic rings. The first-order valence-electron chi connectivity index (χ1n) is 7.62. The van der Waals surface area contributed by atoms with Crippen LogP contribution in [0.2, 0.25) is 0 Å². The standard InChI is InChI=1S/C18H21NO2S/c20-10-11-21-16-7-5-15(6-8-16)19-18-13-22-12-9-14-3-1-2-4-17(14)18/h1-8,18-20H,9-13H2. The molecule has 0 fully saturated rings. The number of nitrogens with one attached hydrogen (secondary N) is 1. The molecule has 0 amide bonds. The molecular weight excluding hydrogens is 294 g/mol. The van der Waals surface area contributed by atoms with Crippen LogP contribution in [0, 0.1) is 0 Å². The van der Waals surface area contributed by atoms with Gasteiger partial charge in [0.25, 0.3) is 0 Å². The quantitative estimate of drug-likeness (QED) is 0.886. The lowest BCUT2D eigenvalue weighted by atomic mass is 9.99. The van der Waals surface area contributed by atoms with Gasteiger partial charge in [-0.25, -0.2) is 0 Å². The zero-order valence-corrected chi connectivity index (χ0v) is 13.3. The van der Waals surface area contributed by atoms with E-state index in [0.29, 0.717) is 12.6 Å². The molecule has 1 aliphatic rings. The molecule has 0 saturated heterocycles. The molecule has 2 aromatic carbocycles. The lowest BCUT2D eigenvalue weighted by molar-refractivity contribution is 0.201. The fraction of sp³-hybridized carbons (Fsp3) is 0.333. The van der Waals surface area contributed by atoms with Crippen LogP contribution >= 0.6 is 11.8 Å². The van der Waals surface area contributed by atoms with Gasteiger partial charge in [-0.2, -0.15) is 11.8 Å². The van der Waals surface area contributed by atoms with Crippen molar-refractivity contribution in [1.82, 2.24) is 0 Å². The van der Waals surface area contributed by atoms with Crippen molar-refractivity contribution in [2.45, 2.75) is 12.5 Å². The molecule has 1 atom stereocenters. The summed E-state index contributed by atoms with van der Waals surface area (Å²) in [5.41, 5.74) is 3.96. The smallest absolute Gasteiger partial charge is 0.119 e. The fourth-order valence-corrected chi connectivity index (χ4v) is 3.74. The molecule has 1 unspecified atom stereocenters. The Labute approximate surface area is 135 Å². The number of aliphatic hydroxyl groups is 1. The summed E-state index contributed by atoms with van der Waals surface area (Å²) in [5, 5.41) is 12.4. The number of benzene rings is 2. The van der Waals surface area contributed by atoms with Gasteiger partial charge < -0.3 is 15.2 Å². The molecule has 0 aliphatic carbocycles. The van der Waals surface area contributed by atoms with E-state index in [-0.39, 0.29) is 6.61 Å². The van der Waals surface area contributed by atoms with Crippen molar-refractivity contribution in [2.75, 3.05) is 30.0 Å². The van der Waals surface area contributed by atoms with Crippen molar-refractivity contribution in [3.05, 3.63) is 59.7 Å². The predicted molar refractivity (Wildman–Crippen MR) is 92.9 cm³/mol. The highest BCUT2D eigenvalue weighted by molar-refractivity contribution is 7.99. The van der Waals surface area contributed by atoms with Crippen LogP contribution in [-0.2, 0) is 6.42 Å². The number of aliphatic hydroxyl groups excluding tert-OH is 1. The summed E-state index contributed by atoms with van der Waals surface area (Å²) in [6, 6.07) is 17.0. The predicted octanol–water partition coefficient (Wildman–Crippen LogP) is 3.50. The SMILES string of the molecule is OCCOc1ccc(NC2CSCCc3ccccc32)cc1. The topological polar surface area (TPSA) is 41.5 Å². The van der Waals surface area contributed by atoms with Crippen molar-refractivity contribution in [3.8, 4) is 5.75 Å².